The van der Waals surface area contributed by atoms with Crippen LogP contribution in [-0.4, -0.2) is 36.6 Å². The second-order valence-corrected chi connectivity index (χ2v) is 7.35. The van der Waals surface area contributed by atoms with Crippen molar-refractivity contribution < 1.29 is 18.6 Å². The molecule has 1 aromatic heterocycles. The van der Waals surface area contributed by atoms with Crippen molar-refractivity contribution in [3.63, 3.8) is 0 Å². The minimum atomic E-state index is -0.449. The van der Waals surface area contributed by atoms with E-state index in [1.165, 1.54) is 0 Å². The van der Waals surface area contributed by atoms with Crippen molar-refractivity contribution in [2.75, 3.05) is 26.4 Å². The lowest BCUT2D eigenvalue weighted by Crippen LogP contribution is -2.35. The van der Waals surface area contributed by atoms with Crippen molar-refractivity contribution in [3.8, 4) is 23.0 Å². The molecule has 28 heavy (non-hydrogen) atoms. The standard InChI is InChI=1S/C21H19ClN2O4/c22-16-4-2-1-3-15(16)21(7-9-25-10-8-21)20-24-23-19(28-20)14-5-6-17-18(13-14)27-12-11-26-17/h1-6,13H,7-12H2. The lowest BCUT2D eigenvalue weighted by molar-refractivity contribution is 0.0546. The molecule has 2 aliphatic rings. The fourth-order valence-electron chi connectivity index (χ4n) is 3.88. The van der Waals surface area contributed by atoms with Crippen LogP contribution in [0.2, 0.25) is 5.02 Å². The first-order chi connectivity index (χ1) is 13.8. The van der Waals surface area contributed by atoms with E-state index >= 15 is 0 Å². The molecule has 3 heterocycles. The molecule has 3 aromatic rings. The van der Waals surface area contributed by atoms with Gasteiger partial charge in [-0.15, -0.1) is 10.2 Å². The maximum absolute atomic E-state index is 6.54. The van der Waals surface area contributed by atoms with Crippen LogP contribution in [0.3, 0.4) is 0 Å². The van der Waals surface area contributed by atoms with E-state index in [9.17, 15) is 0 Å². The second-order valence-electron chi connectivity index (χ2n) is 6.95. The molecular formula is C21H19ClN2O4. The van der Waals surface area contributed by atoms with Crippen molar-refractivity contribution in [1.82, 2.24) is 10.2 Å². The molecule has 0 N–H and O–H groups in total. The van der Waals surface area contributed by atoms with Gasteiger partial charge >= 0.3 is 0 Å². The van der Waals surface area contributed by atoms with E-state index in [0.717, 1.165) is 29.7 Å². The van der Waals surface area contributed by atoms with Gasteiger partial charge < -0.3 is 18.6 Å². The van der Waals surface area contributed by atoms with E-state index in [2.05, 4.69) is 10.2 Å². The van der Waals surface area contributed by atoms with Gasteiger partial charge in [0.05, 0.1) is 5.41 Å². The number of rotatable bonds is 3. The molecule has 0 unspecified atom stereocenters. The van der Waals surface area contributed by atoms with E-state index in [1.54, 1.807) is 0 Å². The number of fused-ring (bicyclic) bond motifs is 1. The Morgan fingerprint density at radius 1 is 0.857 bits per heavy atom. The molecule has 0 atom stereocenters. The molecule has 144 valence electrons. The van der Waals surface area contributed by atoms with E-state index in [4.69, 9.17) is 30.2 Å². The van der Waals surface area contributed by atoms with Crippen molar-refractivity contribution in [3.05, 3.63) is 58.9 Å². The van der Waals surface area contributed by atoms with E-state index in [-0.39, 0.29) is 0 Å². The zero-order chi connectivity index (χ0) is 19.0. The van der Waals surface area contributed by atoms with Crippen LogP contribution in [0.15, 0.2) is 46.9 Å². The van der Waals surface area contributed by atoms with Gasteiger partial charge in [-0.2, -0.15) is 0 Å². The highest BCUT2D eigenvalue weighted by Crippen LogP contribution is 2.44. The summed E-state index contributed by atoms with van der Waals surface area (Å²) in [7, 11) is 0. The van der Waals surface area contributed by atoms with Gasteiger partial charge in [-0.05, 0) is 42.7 Å². The van der Waals surface area contributed by atoms with Gasteiger partial charge in [0.25, 0.3) is 0 Å². The Morgan fingerprint density at radius 3 is 2.46 bits per heavy atom. The predicted octanol–water partition coefficient (Wildman–Crippen LogP) is 4.26. The van der Waals surface area contributed by atoms with Gasteiger partial charge in [-0.25, -0.2) is 0 Å². The fraction of sp³-hybridized carbons (Fsp3) is 0.333. The molecule has 0 amide bonds. The van der Waals surface area contributed by atoms with E-state index < -0.39 is 5.41 Å². The Morgan fingerprint density at radius 2 is 1.64 bits per heavy atom. The summed E-state index contributed by atoms with van der Waals surface area (Å²) in [6, 6.07) is 13.5. The molecule has 0 spiro atoms. The highest BCUT2D eigenvalue weighted by Gasteiger charge is 2.42. The molecule has 2 aliphatic heterocycles. The smallest absolute Gasteiger partial charge is 0.247 e. The minimum Gasteiger partial charge on any atom is -0.486 e. The maximum Gasteiger partial charge on any atom is 0.247 e. The number of ether oxygens (including phenoxy) is 3. The lowest BCUT2D eigenvalue weighted by Gasteiger charge is -2.35. The zero-order valence-corrected chi connectivity index (χ0v) is 15.9. The maximum atomic E-state index is 6.54. The lowest BCUT2D eigenvalue weighted by atomic mass is 9.74. The van der Waals surface area contributed by atoms with Crippen molar-refractivity contribution in [1.29, 1.82) is 0 Å². The zero-order valence-electron chi connectivity index (χ0n) is 15.2. The number of aromatic nitrogens is 2. The van der Waals surface area contributed by atoms with Crippen molar-refractivity contribution in [2.45, 2.75) is 18.3 Å². The summed E-state index contributed by atoms with van der Waals surface area (Å²) >= 11 is 6.54. The van der Waals surface area contributed by atoms with Crippen LogP contribution in [0.1, 0.15) is 24.3 Å². The summed E-state index contributed by atoms with van der Waals surface area (Å²) in [5.41, 5.74) is 1.34. The number of halogens is 1. The van der Waals surface area contributed by atoms with Crippen LogP contribution in [0.4, 0.5) is 0 Å². The van der Waals surface area contributed by atoms with Crippen LogP contribution in [-0.2, 0) is 10.2 Å². The van der Waals surface area contributed by atoms with Crippen LogP contribution >= 0.6 is 11.6 Å². The number of hydrogen-bond acceptors (Lipinski definition) is 6. The largest absolute Gasteiger partial charge is 0.486 e. The first-order valence-corrected chi connectivity index (χ1v) is 9.71. The average Bonchev–Trinajstić information content (AvgIpc) is 3.25. The first kappa shape index (κ1) is 17.5. The van der Waals surface area contributed by atoms with Crippen LogP contribution in [0.5, 0.6) is 11.5 Å². The third-order valence-electron chi connectivity index (χ3n) is 5.36. The van der Waals surface area contributed by atoms with E-state index in [1.807, 2.05) is 42.5 Å². The molecule has 1 saturated heterocycles. The van der Waals surface area contributed by atoms with Gasteiger partial charge in [-0.3, -0.25) is 0 Å². The molecular weight excluding hydrogens is 380 g/mol. The molecule has 0 bridgehead atoms. The van der Waals surface area contributed by atoms with Gasteiger partial charge in [0, 0.05) is 23.8 Å². The number of hydrogen-bond donors (Lipinski definition) is 0. The SMILES string of the molecule is Clc1ccccc1C1(c2nnc(-c3ccc4c(c3)OCCO4)o2)CCOCC1. The third-order valence-corrected chi connectivity index (χ3v) is 5.69. The number of nitrogens with zero attached hydrogens (tertiary/aromatic N) is 2. The Hall–Kier alpha value is -2.57. The first-order valence-electron chi connectivity index (χ1n) is 9.33. The molecule has 6 nitrogen and oxygen atoms in total. The van der Waals surface area contributed by atoms with Crippen LogP contribution in [0, 0.1) is 0 Å². The summed E-state index contributed by atoms with van der Waals surface area (Å²) in [5.74, 6) is 2.43. The fourth-order valence-corrected chi connectivity index (χ4v) is 4.19. The quantitative estimate of drug-likeness (QED) is 0.656. The summed E-state index contributed by atoms with van der Waals surface area (Å²) < 4.78 is 23.0. The Kier molecular flexibility index (Phi) is 4.45. The molecule has 1 fully saturated rings. The van der Waals surface area contributed by atoms with E-state index in [0.29, 0.717) is 49.0 Å². The highest BCUT2D eigenvalue weighted by molar-refractivity contribution is 6.31. The van der Waals surface area contributed by atoms with Crippen molar-refractivity contribution >= 4 is 11.6 Å². The average molecular weight is 399 g/mol. The normalized spacial score (nSPS) is 18.0. The molecule has 0 aliphatic carbocycles. The predicted molar refractivity (Wildman–Crippen MR) is 103 cm³/mol. The van der Waals surface area contributed by atoms with Gasteiger partial charge in [0.2, 0.25) is 11.8 Å². The Labute approximate surface area is 167 Å². The summed E-state index contributed by atoms with van der Waals surface area (Å²) in [6.45, 7) is 2.32. The Bertz CT molecular complexity index is 998. The second kappa shape index (κ2) is 7.11. The van der Waals surface area contributed by atoms with Crippen molar-refractivity contribution in [2.24, 2.45) is 0 Å². The number of benzene rings is 2. The summed E-state index contributed by atoms with van der Waals surface area (Å²) in [4.78, 5) is 0. The monoisotopic (exact) mass is 398 g/mol. The summed E-state index contributed by atoms with van der Waals surface area (Å²) in [5, 5.41) is 9.43. The van der Waals surface area contributed by atoms with Gasteiger partial charge in [0.15, 0.2) is 11.5 Å². The Balaban J connectivity index is 1.56. The van der Waals surface area contributed by atoms with Crippen LogP contribution in [0.25, 0.3) is 11.5 Å². The topological polar surface area (TPSA) is 66.6 Å². The highest BCUT2D eigenvalue weighted by atomic mass is 35.5. The van der Waals surface area contributed by atoms with Gasteiger partial charge in [0.1, 0.15) is 13.2 Å². The molecule has 0 saturated carbocycles. The van der Waals surface area contributed by atoms with Crippen LogP contribution < -0.4 is 9.47 Å². The molecule has 5 rings (SSSR count). The summed E-state index contributed by atoms with van der Waals surface area (Å²) in [6.07, 6.45) is 1.47. The molecule has 7 heteroatoms. The van der Waals surface area contributed by atoms with Gasteiger partial charge in [-0.1, -0.05) is 29.8 Å². The molecule has 2 aromatic carbocycles. The minimum absolute atomic E-state index is 0.449. The third kappa shape index (κ3) is 2.93. The molecule has 0 radical (unpaired) electrons.